The molecule has 0 aromatic heterocycles. The van der Waals surface area contributed by atoms with Crippen LogP contribution >= 0.6 is 11.6 Å². The smallest absolute Gasteiger partial charge is 0.271 e. The molecule has 7 heteroatoms. The van der Waals surface area contributed by atoms with Crippen LogP contribution in [0.4, 0.5) is 5.69 Å². The summed E-state index contributed by atoms with van der Waals surface area (Å²) < 4.78 is 0. The van der Waals surface area contributed by atoms with E-state index in [-0.39, 0.29) is 34.8 Å². The minimum absolute atomic E-state index is 0.0332. The third-order valence-electron chi connectivity index (χ3n) is 3.08. The topological polar surface area (TPSA) is 92.5 Å². The highest BCUT2D eigenvalue weighted by Gasteiger charge is 2.21. The highest BCUT2D eigenvalue weighted by molar-refractivity contribution is 6.31. The molecule has 106 valence electrons. The van der Waals surface area contributed by atoms with Crippen molar-refractivity contribution in [1.29, 1.82) is 0 Å². The number of amides is 1. The Hall–Kier alpha value is -1.92. The molecule has 2 rings (SSSR count). The Morgan fingerprint density at radius 2 is 2.20 bits per heavy atom. The first-order chi connectivity index (χ1) is 9.49. The summed E-state index contributed by atoms with van der Waals surface area (Å²) in [7, 11) is 0. The summed E-state index contributed by atoms with van der Waals surface area (Å²) in [4.78, 5) is 22.2. The number of non-ortho nitro benzene ring substituents is 1. The predicted molar refractivity (Wildman–Crippen MR) is 73.7 cm³/mol. The quantitative estimate of drug-likeness (QED) is 0.504. The molecule has 0 aliphatic heterocycles. The average molecular weight is 297 g/mol. The molecule has 1 aromatic carbocycles. The van der Waals surface area contributed by atoms with Crippen molar-refractivity contribution in [2.24, 2.45) is 5.92 Å². The van der Waals surface area contributed by atoms with Gasteiger partial charge in [-0.3, -0.25) is 14.9 Å². The third kappa shape index (κ3) is 3.34. The van der Waals surface area contributed by atoms with Crippen LogP contribution in [-0.2, 0) is 0 Å². The molecule has 0 fully saturated rings. The lowest BCUT2D eigenvalue weighted by Gasteiger charge is -2.12. The number of carbonyl (C=O) groups is 1. The molecule has 1 aliphatic rings. The maximum absolute atomic E-state index is 12.0. The average Bonchev–Trinajstić information content (AvgIpc) is 2.85. The van der Waals surface area contributed by atoms with E-state index in [1.54, 1.807) is 6.08 Å². The number of benzene rings is 1. The number of nitro benzene ring substituents is 1. The van der Waals surface area contributed by atoms with Gasteiger partial charge in [0.15, 0.2) is 0 Å². The fourth-order valence-corrected chi connectivity index (χ4v) is 2.31. The minimum atomic E-state index is -0.597. The van der Waals surface area contributed by atoms with Gasteiger partial charge in [-0.05, 0) is 12.5 Å². The monoisotopic (exact) mass is 296 g/mol. The number of halogens is 1. The van der Waals surface area contributed by atoms with Crippen molar-refractivity contribution in [2.45, 2.75) is 12.5 Å². The first-order valence-electron chi connectivity index (χ1n) is 6.04. The molecule has 0 radical (unpaired) electrons. The molecule has 2 atom stereocenters. The number of carbonyl (C=O) groups excluding carboxylic acids is 1. The highest BCUT2D eigenvalue weighted by atomic mass is 35.5. The van der Waals surface area contributed by atoms with E-state index in [0.717, 1.165) is 0 Å². The zero-order valence-corrected chi connectivity index (χ0v) is 11.2. The van der Waals surface area contributed by atoms with Crippen LogP contribution in [0.3, 0.4) is 0 Å². The Morgan fingerprint density at radius 1 is 1.45 bits per heavy atom. The second-order valence-electron chi connectivity index (χ2n) is 4.60. The number of aliphatic hydroxyl groups is 1. The van der Waals surface area contributed by atoms with Crippen molar-refractivity contribution in [3.63, 3.8) is 0 Å². The Kier molecular flexibility index (Phi) is 4.36. The molecule has 2 N–H and O–H groups in total. The van der Waals surface area contributed by atoms with E-state index in [4.69, 9.17) is 16.7 Å². The van der Waals surface area contributed by atoms with Crippen molar-refractivity contribution in [1.82, 2.24) is 5.32 Å². The maximum Gasteiger partial charge on any atom is 0.271 e. The third-order valence-corrected chi connectivity index (χ3v) is 3.30. The molecule has 0 heterocycles. The number of hydrogen-bond acceptors (Lipinski definition) is 4. The lowest BCUT2D eigenvalue weighted by Crippen LogP contribution is -2.32. The number of rotatable bonds is 4. The minimum Gasteiger partial charge on any atom is -0.396 e. The molecule has 1 aromatic rings. The van der Waals surface area contributed by atoms with Crippen LogP contribution in [0.15, 0.2) is 30.4 Å². The Balaban J connectivity index is 2.10. The van der Waals surface area contributed by atoms with Crippen LogP contribution in [0.1, 0.15) is 16.8 Å². The van der Waals surface area contributed by atoms with Gasteiger partial charge in [-0.1, -0.05) is 23.8 Å². The summed E-state index contributed by atoms with van der Waals surface area (Å²) in [5.41, 5.74) is -0.0807. The molecular weight excluding hydrogens is 284 g/mol. The van der Waals surface area contributed by atoms with Gasteiger partial charge >= 0.3 is 0 Å². The first-order valence-corrected chi connectivity index (χ1v) is 6.42. The second kappa shape index (κ2) is 6.02. The van der Waals surface area contributed by atoms with Gasteiger partial charge in [0.2, 0.25) is 0 Å². The van der Waals surface area contributed by atoms with Gasteiger partial charge in [-0.25, -0.2) is 0 Å². The van der Waals surface area contributed by atoms with Gasteiger partial charge in [-0.2, -0.15) is 0 Å². The molecule has 0 saturated carbocycles. The highest BCUT2D eigenvalue weighted by Crippen LogP contribution is 2.22. The summed E-state index contributed by atoms with van der Waals surface area (Å²) in [5, 5.41) is 22.6. The van der Waals surface area contributed by atoms with E-state index < -0.39 is 10.8 Å². The van der Waals surface area contributed by atoms with E-state index in [0.29, 0.717) is 6.42 Å². The summed E-state index contributed by atoms with van der Waals surface area (Å²) >= 11 is 5.77. The van der Waals surface area contributed by atoms with Crippen LogP contribution in [0.2, 0.25) is 5.02 Å². The lowest BCUT2D eigenvalue weighted by molar-refractivity contribution is -0.384. The van der Waals surface area contributed by atoms with Gasteiger partial charge in [0, 0.05) is 41.3 Å². The van der Waals surface area contributed by atoms with E-state index in [1.807, 2.05) is 6.08 Å². The predicted octanol–water partition coefficient (Wildman–Crippen LogP) is 1.91. The zero-order valence-electron chi connectivity index (χ0n) is 10.5. The van der Waals surface area contributed by atoms with Gasteiger partial charge in [0.25, 0.3) is 11.6 Å². The number of nitrogens with zero attached hydrogens (tertiary/aromatic N) is 1. The van der Waals surface area contributed by atoms with Crippen molar-refractivity contribution in [3.05, 3.63) is 51.1 Å². The summed E-state index contributed by atoms with van der Waals surface area (Å²) in [6, 6.07) is 3.57. The van der Waals surface area contributed by atoms with Gasteiger partial charge in [-0.15, -0.1) is 0 Å². The fraction of sp³-hybridized carbons (Fsp3) is 0.308. The molecular formula is C13H13ClN2O4. The van der Waals surface area contributed by atoms with Crippen LogP contribution in [-0.4, -0.2) is 28.6 Å². The Labute approximate surface area is 120 Å². The van der Waals surface area contributed by atoms with Crippen LogP contribution in [0, 0.1) is 16.0 Å². The van der Waals surface area contributed by atoms with E-state index in [9.17, 15) is 14.9 Å². The van der Waals surface area contributed by atoms with E-state index >= 15 is 0 Å². The second-order valence-corrected chi connectivity index (χ2v) is 5.03. The summed E-state index contributed by atoms with van der Waals surface area (Å²) in [6.07, 6.45) is 4.26. The number of nitro groups is 1. The number of aliphatic hydroxyl groups excluding tert-OH is 1. The van der Waals surface area contributed by atoms with Gasteiger partial charge < -0.3 is 10.4 Å². The summed E-state index contributed by atoms with van der Waals surface area (Å²) in [6.45, 7) is 0.0332. The van der Waals surface area contributed by atoms with Crippen molar-refractivity contribution < 1.29 is 14.8 Å². The Bertz CT molecular complexity index is 573. The molecule has 0 bridgehead atoms. The standard InChI is InChI=1S/C13H13ClN2O4/c14-10-4-9(5-12(6-10)16(19)20)13(18)15-11-2-1-8(3-11)7-17/h1-2,4-6,8,11,17H,3,7H2,(H,15,18)/t8-,11+/m0/s1. The Morgan fingerprint density at radius 3 is 2.80 bits per heavy atom. The van der Waals surface area contributed by atoms with Crippen LogP contribution < -0.4 is 5.32 Å². The van der Waals surface area contributed by atoms with Crippen molar-refractivity contribution >= 4 is 23.2 Å². The SMILES string of the molecule is O=C(N[C@@H]1C=C[C@H](CO)C1)c1cc(Cl)cc([N+](=O)[O-])c1. The number of nitrogens with one attached hydrogen (secondary N) is 1. The first kappa shape index (κ1) is 14.5. The van der Waals surface area contributed by atoms with Crippen molar-refractivity contribution in [2.75, 3.05) is 6.61 Å². The molecule has 1 amide bonds. The number of hydrogen-bond donors (Lipinski definition) is 2. The zero-order chi connectivity index (χ0) is 14.7. The van der Waals surface area contributed by atoms with Gasteiger partial charge in [0.1, 0.15) is 0 Å². The molecule has 20 heavy (non-hydrogen) atoms. The van der Waals surface area contributed by atoms with Crippen molar-refractivity contribution in [3.8, 4) is 0 Å². The largest absolute Gasteiger partial charge is 0.396 e. The molecule has 0 saturated heterocycles. The summed E-state index contributed by atoms with van der Waals surface area (Å²) in [5.74, 6) is -0.391. The molecule has 6 nitrogen and oxygen atoms in total. The van der Waals surface area contributed by atoms with E-state index in [2.05, 4.69) is 5.32 Å². The fourth-order valence-electron chi connectivity index (χ4n) is 2.08. The molecule has 0 spiro atoms. The van der Waals surface area contributed by atoms with Crippen LogP contribution in [0.25, 0.3) is 0 Å². The van der Waals surface area contributed by atoms with Crippen LogP contribution in [0.5, 0.6) is 0 Å². The normalized spacial score (nSPS) is 20.9. The van der Waals surface area contributed by atoms with Gasteiger partial charge in [0.05, 0.1) is 4.92 Å². The lowest BCUT2D eigenvalue weighted by atomic mass is 10.1. The maximum atomic E-state index is 12.0. The van der Waals surface area contributed by atoms with E-state index in [1.165, 1.54) is 18.2 Å². The molecule has 0 unspecified atom stereocenters. The molecule has 1 aliphatic carbocycles.